The zero-order valence-corrected chi connectivity index (χ0v) is 16.3. The number of benzene rings is 1. The van der Waals surface area contributed by atoms with E-state index in [2.05, 4.69) is 30.6 Å². The minimum absolute atomic E-state index is 0.0197. The molecule has 0 N–H and O–H groups in total. The third-order valence-corrected chi connectivity index (χ3v) is 4.39. The van der Waals surface area contributed by atoms with Crippen LogP contribution < -0.4 is 0 Å². The van der Waals surface area contributed by atoms with Gasteiger partial charge >= 0.3 is 6.16 Å². The van der Waals surface area contributed by atoms with E-state index in [1.165, 1.54) is 5.56 Å². The lowest BCUT2D eigenvalue weighted by Crippen LogP contribution is -2.32. The average molecular weight is 386 g/mol. The number of hydrogen-bond donors (Lipinski definition) is 0. The Morgan fingerprint density at radius 1 is 1.14 bits per heavy atom. The molecule has 0 aliphatic carbocycles. The second kappa shape index (κ2) is 7.46. The van der Waals surface area contributed by atoms with E-state index in [0.29, 0.717) is 22.4 Å². The third-order valence-electron chi connectivity index (χ3n) is 4.39. The van der Waals surface area contributed by atoms with Crippen molar-refractivity contribution in [3.05, 3.63) is 41.3 Å². The monoisotopic (exact) mass is 386 g/mol. The minimum atomic E-state index is -1.15. The second-order valence-corrected chi connectivity index (χ2v) is 7.56. The van der Waals surface area contributed by atoms with Crippen LogP contribution in [-0.4, -0.2) is 28.0 Å². The van der Waals surface area contributed by atoms with Crippen molar-refractivity contribution < 1.29 is 28.4 Å². The Hall–Kier alpha value is -3.16. The number of amides is 2. The molecular formula is C20H22N2O6. The van der Waals surface area contributed by atoms with E-state index < -0.39 is 18.0 Å². The van der Waals surface area contributed by atoms with Gasteiger partial charge in [0.2, 0.25) is 5.89 Å². The number of hydroxylamine groups is 2. The summed E-state index contributed by atoms with van der Waals surface area (Å²) in [5.74, 6) is -0.230. The summed E-state index contributed by atoms with van der Waals surface area (Å²) >= 11 is 0. The normalized spacial score (nSPS) is 14.5. The molecule has 1 aromatic heterocycles. The molecule has 2 heterocycles. The summed E-state index contributed by atoms with van der Waals surface area (Å²) < 4.78 is 10.6. The van der Waals surface area contributed by atoms with Crippen molar-refractivity contribution in [2.24, 2.45) is 0 Å². The summed E-state index contributed by atoms with van der Waals surface area (Å²) in [6, 6.07) is 7.89. The Bertz CT molecular complexity index is 892. The number of hydrogen-bond acceptors (Lipinski definition) is 7. The van der Waals surface area contributed by atoms with Gasteiger partial charge in [0.25, 0.3) is 11.8 Å². The predicted molar refractivity (Wildman–Crippen MR) is 97.7 cm³/mol. The van der Waals surface area contributed by atoms with Gasteiger partial charge in [-0.05, 0) is 30.0 Å². The quantitative estimate of drug-likeness (QED) is 0.584. The summed E-state index contributed by atoms with van der Waals surface area (Å²) in [6.45, 7) is 7.90. The smallest absolute Gasteiger partial charge is 0.441 e. The molecule has 8 nitrogen and oxygen atoms in total. The van der Waals surface area contributed by atoms with E-state index in [0.717, 1.165) is 5.56 Å². The second-order valence-electron chi connectivity index (χ2n) is 7.56. The topological polar surface area (TPSA) is 98.9 Å². The Morgan fingerprint density at radius 3 is 2.32 bits per heavy atom. The van der Waals surface area contributed by atoms with Gasteiger partial charge in [0.1, 0.15) is 18.1 Å². The zero-order valence-electron chi connectivity index (χ0n) is 16.3. The van der Waals surface area contributed by atoms with E-state index in [1.807, 2.05) is 24.3 Å². The van der Waals surface area contributed by atoms with Gasteiger partial charge in [-0.15, -0.1) is 0 Å². The Labute approximate surface area is 162 Å². The van der Waals surface area contributed by atoms with Crippen LogP contribution in [0.2, 0.25) is 0 Å². The number of rotatable bonds is 4. The average Bonchev–Trinajstić information content (AvgIpc) is 3.16. The molecule has 2 aromatic rings. The highest BCUT2D eigenvalue weighted by Gasteiger charge is 2.33. The molecule has 28 heavy (non-hydrogen) atoms. The van der Waals surface area contributed by atoms with E-state index in [9.17, 15) is 14.4 Å². The standard InChI is InChI=1S/C20H22N2O6/c1-12-15(11-26-19(25)28-22-16(23)9-10-17(22)24)21-18(27-12)13-5-7-14(8-6-13)20(2,3)4/h5-8H,9-11H2,1-4H3. The molecular weight excluding hydrogens is 364 g/mol. The van der Waals surface area contributed by atoms with E-state index in [4.69, 9.17) is 9.15 Å². The largest absolute Gasteiger partial charge is 0.534 e. The Balaban J connectivity index is 1.63. The number of nitrogens with zero attached hydrogens (tertiary/aromatic N) is 2. The van der Waals surface area contributed by atoms with E-state index in [-0.39, 0.29) is 24.9 Å². The molecule has 2 amide bonds. The molecule has 3 rings (SSSR count). The fourth-order valence-electron chi connectivity index (χ4n) is 2.68. The first kappa shape index (κ1) is 19.6. The molecule has 0 unspecified atom stereocenters. The number of carbonyl (C=O) groups excluding carboxylic acids is 3. The van der Waals surface area contributed by atoms with Crippen LogP contribution in [-0.2, 0) is 31.2 Å². The van der Waals surface area contributed by atoms with Gasteiger partial charge < -0.3 is 9.15 Å². The summed E-state index contributed by atoms with van der Waals surface area (Å²) in [7, 11) is 0. The molecule has 1 aromatic carbocycles. The van der Waals surface area contributed by atoms with Crippen molar-refractivity contribution in [3.8, 4) is 11.5 Å². The molecule has 148 valence electrons. The van der Waals surface area contributed by atoms with Gasteiger partial charge in [-0.3, -0.25) is 14.4 Å². The maximum Gasteiger partial charge on any atom is 0.534 e. The number of aromatic nitrogens is 1. The molecule has 0 radical (unpaired) electrons. The van der Waals surface area contributed by atoms with Gasteiger partial charge in [0.05, 0.1) is 0 Å². The van der Waals surface area contributed by atoms with Crippen molar-refractivity contribution in [1.29, 1.82) is 0 Å². The summed E-state index contributed by atoms with van der Waals surface area (Å²) in [5, 5.41) is 0.431. The van der Waals surface area contributed by atoms with Crippen LogP contribution in [0, 0.1) is 6.92 Å². The van der Waals surface area contributed by atoms with Crippen molar-refractivity contribution in [2.45, 2.75) is 52.6 Å². The third kappa shape index (κ3) is 4.21. The first-order valence-electron chi connectivity index (χ1n) is 8.93. The van der Waals surface area contributed by atoms with Gasteiger partial charge in [0.15, 0.2) is 0 Å². The fraction of sp³-hybridized carbons (Fsp3) is 0.400. The van der Waals surface area contributed by atoms with Crippen LogP contribution in [0.15, 0.2) is 28.7 Å². The van der Waals surface area contributed by atoms with Crippen LogP contribution in [0.3, 0.4) is 0 Å². The molecule has 0 saturated carbocycles. The fourth-order valence-corrected chi connectivity index (χ4v) is 2.68. The van der Waals surface area contributed by atoms with Crippen molar-refractivity contribution in [3.63, 3.8) is 0 Å². The highest BCUT2D eigenvalue weighted by molar-refractivity contribution is 6.01. The van der Waals surface area contributed by atoms with Crippen LogP contribution >= 0.6 is 0 Å². The van der Waals surface area contributed by atoms with Gasteiger partial charge in [-0.25, -0.2) is 9.78 Å². The predicted octanol–water partition coefficient (Wildman–Crippen LogP) is 3.66. The summed E-state index contributed by atoms with van der Waals surface area (Å²) in [5.41, 5.74) is 2.46. The molecule has 1 aliphatic heterocycles. The van der Waals surface area contributed by atoms with Crippen LogP contribution in [0.25, 0.3) is 11.5 Å². The lowest BCUT2D eigenvalue weighted by Gasteiger charge is -2.18. The highest BCUT2D eigenvalue weighted by atomic mass is 16.8. The first-order chi connectivity index (χ1) is 13.1. The Kier molecular flexibility index (Phi) is 5.22. The van der Waals surface area contributed by atoms with E-state index >= 15 is 0 Å². The minimum Gasteiger partial charge on any atom is -0.441 e. The molecule has 8 heteroatoms. The Morgan fingerprint density at radius 2 is 1.75 bits per heavy atom. The molecule has 1 aliphatic rings. The van der Waals surface area contributed by atoms with Crippen molar-refractivity contribution in [2.75, 3.05) is 0 Å². The van der Waals surface area contributed by atoms with Gasteiger partial charge in [0, 0.05) is 18.4 Å². The molecule has 1 fully saturated rings. The molecule has 0 atom stereocenters. The van der Waals surface area contributed by atoms with Crippen molar-refractivity contribution in [1.82, 2.24) is 10.0 Å². The maximum atomic E-state index is 11.7. The molecule has 0 bridgehead atoms. The first-order valence-corrected chi connectivity index (χ1v) is 8.93. The highest BCUT2D eigenvalue weighted by Crippen LogP contribution is 2.27. The SMILES string of the molecule is Cc1oc(-c2ccc(C(C)(C)C)cc2)nc1COC(=O)ON1C(=O)CCC1=O. The van der Waals surface area contributed by atoms with E-state index in [1.54, 1.807) is 6.92 Å². The lowest BCUT2D eigenvalue weighted by atomic mass is 9.87. The molecule has 1 saturated heterocycles. The summed E-state index contributed by atoms with van der Waals surface area (Å²) in [6.07, 6.45) is -1.11. The maximum absolute atomic E-state index is 11.7. The van der Waals surface area contributed by atoms with Gasteiger partial charge in [-0.1, -0.05) is 38.0 Å². The van der Waals surface area contributed by atoms with Gasteiger partial charge in [-0.2, -0.15) is 0 Å². The lowest BCUT2D eigenvalue weighted by molar-refractivity contribution is -0.177. The number of imide groups is 1. The zero-order chi connectivity index (χ0) is 20.5. The van der Waals surface area contributed by atoms with Crippen LogP contribution in [0.5, 0.6) is 0 Å². The summed E-state index contributed by atoms with van der Waals surface area (Å²) in [4.78, 5) is 43.6. The number of aryl methyl sites for hydroxylation is 1. The number of carbonyl (C=O) groups is 3. The van der Waals surface area contributed by atoms with Crippen molar-refractivity contribution >= 4 is 18.0 Å². The number of oxazole rings is 1. The van der Waals surface area contributed by atoms with Crippen LogP contribution in [0.1, 0.15) is 50.6 Å². The molecule has 0 spiro atoms. The number of ether oxygens (including phenoxy) is 1. The van der Waals surface area contributed by atoms with Crippen LogP contribution in [0.4, 0.5) is 4.79 Å².